The van der Waals surface area contributed by atoms with Gasteiger partial charge in [0.05, 0.1) is 5.92 Å². The van der Waals surface area contributed by atoms with E-state index < -0.39 is 53.1 Å². The van der Waals surface area contributed by atoms with E-state index in [9.17, 15) is 28.3 Å². The van der Waals surface area contributed by atoms with Gasteiger partial charge >= 0.3 is 18.0 Å². The first-order valence-electron chi connectivity index (χ1n) is 14.6. The molecule has 0 radical (unpaired) electrons. The third kappa shape index (κ3) is 9.09. The van der Waals surface area contributed by atoms with E-state index in [4.69, 9.17) is 9.47 Å². The quantitative estimate of drug-likeness (QED) is 0.261. The molecule has 3 rings (SSSR count). The lowest BCUT2D eigenvalue weighted by atomic mass is 9.73. The van der Waals surface area contributed by atoms with Crippen molar-refractivity contribution in [2.24, 2.45) is 5.92 Å². The highest BCUT2D eigenvalue weighted by atomic mass is 19.3. The van der Waals surface area contributed by atoms with E-state index in [-0.39, 0.29) is 32.3 Å². The Morgan fingerprint density at radius 3 is 2.09 bits per heavy atom. The van der Waals surface area contributed by atoms with Crippen LogP contribution in [-0.2, 0) is 32.1 Å². The second-order valence-corrected chi connectivity index (χ2v) is 13.0. The van der Waals surface area contributed by atoms with Gasteiger partial charge in [-0.3, -0.25) is 9.69 Å². The van der Waals surface area contributed by atoms with Crippen molar-refractivity contribution in [2.45, 2.75) is 96.1 Å². The van der Waals surface area contributed by atoms with Gasteiger partial charge in [0.25, 0.3) is 5.92 Å². The minimum Gasteiger partial charge on any atom is -0.479 e. The number of hydrogen-bond acceptors (Lipinski definition) is 5. The lowest BCUT2D eigenvalue weighted by Crippen LogP contribution is -2.65. The Morgan fingerprint density at radius 1 is 0.977 bits per heavy atom. The molecule has 0 saturated heterocycles. The van der Waals surface area contributed by atoms with Crippen LogP contribution < -0.4 is 0 Å². The van der Waals surface area contributed by atoms with Gasteiger partial charge in [-0.1, -0.05) is 60.7 Å². The summed E-state index contributed by atoms with van der Waals surface area (Å²) in [5.74, 6) is -6.82. The maximum atomic E-state index is 15.5. The number of rotatable bonds is 11. The summed E-state index contributed by atoms with van der Waals surface area (Å²) in [6, 6.07) is 15.6. The molecule has 0 heterocycles. The normalized spacial score (nSPS) is 17.1. The van der Waals surface area contributed by atoms with Gasteiger partial charge in [-0.25, -0.2) is 22.8 Å². The van der Waals surface area contributed by atoms with Crippen LogP contribution in [-0.4, -0.2) is 57.8 Å². The first-order valence-corrected chi connectivity index (χ1v) is 14.6. The summed E-state index contributed by atoms with van der Waals surface area (Å²) in [7, 11) is 1.18. The van der Waals surface area contributed by atoms with Gasteiger partial charge in [-0.15, -0.1) is 0 Å². The summed E-state index contributed by atoms with van der Waals surface area (Å²) >= 11 is 0. The SMILES string of the molecule is CN(C(=O)OC(C)(C)C)[C@](CC(C)(C)F)(C(=O)O)[C@@H](Cc1ccc(C2=CCC(F)(F)CC2)cc1)C(=O)OCc1ccccc1. The third-order valence-corrected chi connectivity index (χ3v) is 7.58. The van der Waals surface area contributed by atoms with Crippen LogP contribution in [0.2, 0.25) is 0 Å². The van der Waals surface area contributed by atoms with Crippen molar-refractivity contribution in [1.29, 1.82) is 0 Å². The average molecular weight is 618 g/mol. The zero-order valence-corrected chi connectivity index (χ0v) is 26.2. The van der Waals surface area contributed by atoms with Crippen molar-refractivity contribution in [3.05, 3.63) is 77.4 Å². The van der Waals surface area contributed by atoms with Crippen LogP contribution in [0.25, 0.3) is 5.57 Å². The summed E-state index contributed by atoms with van der Waals surface area (Å²) in [5.41, 5.74) is -2.88. The van der Waals surface area contributed by atoms with Gasteiger partial charge in [0.2, 0.25) is 0 Å². The summed E-state index contributed by atoms with van der Waals surface area (Å²) in [4.78, 5) is 41.2. The third-order valence-electron chi connectivity index (χ3n) is 7.58. The van der Waals surface area contributed by atoms with Crippen molar-refractivity contribution in [3.8, 4) is 0 Å². The monoisotopic (exact) mass is 617 g/mol. The zero-order valence-electron chi connectivity index (χ0n) is 26.2. The lowest BCUT2D eigenvalue weighted by Gasteiger charge is -2.44. The van der Waals surface area contributed by atoms with Gasteiger partial charge < -0.3 is 14.6 Å². The number of benzene rings is 2. The number of carboxylic acids is 1. The number of aliphatic carboxylic acids is 1. The molecule has 10 heteroatoms. The molecule has 2 atom stereocenters. The molecule has 0 aliphatic heterocycles. The molecule has 1 aliphatic carbocycles. The Balaban J connectivity index is 2.07. The molecule has 1 aliphatic rings. The molecule has 44 heavy (non-hydrogen) atoms. The lowest BCUT2D eigenvalue weighted by molar-refractivity contribution is -0.171. The Bertz CT molecular complexity index is 1350. The zero-order chi connectivity index (χ0) is 32.9. The summed E-state index contributed by atoms with van der Waals surface area (Å²) < 4.78 is 53.9. The summed E-state index contributed by atoms with van der Waals surface area (Å²) in [5, 5.41) is 10.8. The second-order valence-electron chi connectivity index (χ2n) is 13.0. The number of alkyl halides is 3. The number of carboxylic acid groups (broad SMARTS) is 1. The van der Waals surface area contributed by atoms with Crippen molar-refractivity contribution in [3.63, 3.8) is 0 Å². The molecule has 2 aromatic carbocycles. The van der Waals surface area contributed by atoms with E-state index in [0.29, 0.717) is 11.1 Å². The molecular weight excluding hydrogens is 575 g/mol. The Labute approximate surface area is 257 Å². The Kier molecular flexibility index (Phi) is 10.6. The Hall–Kier alpha value is -3.82. The highest BCUT2D eigenvalue weighted by Crippen LogP contribution is 2.40. The standard InChI is InChI=1S/C34H42F3NO6/c1-31(2,3)44-30(42)38(6)34(29(40)41,22-32(4,5)35)27(28(39)43-21-24-10-8-7-9-11-24)20-23-12-14-25(15-13-23)26-16-18-33(36,37)19-17-26/h7-16,27H,17-22H2,1-6H3,(H,40,41)/t27-,34-/m0/s1. The van der Waals surface area contributed by atoms with Crippen LogP contribution >= 0.6 is 0 Å². The van der Waals surface area contributed by atoms with E-state index in [2.05, 4.69) is 0 Å². The van der Waals surface area contributed by atoms with Gasteiger partial charge in [0, 0.05) is 26.3 Å². The van der Waals surface area contributed by atoms with E-state index in [0.717, 1.165) is 16.0 Å². The van der Waals surface area contributed by atoms with E-state index in [1.165, 1.54) is 27.0 Å². The maximum Gasteiger partial charge on any atom is 0.411 e. The van der Waals surface area contributed by atoms with Crippen LogP contribution in [0.15, 0.2) is 60.7 Å². The van der Waals surface area contributed by atoms with Gasteiger partial charge in [0.1, 0.15) is 17.9 Å². The molecule has 0 spiro atoms. The van der Waals surface area contributed by atoms with Gasteiger partial charge in [-0.2, -0.15) is 0 Å². The number of carbonyl (C=O) groups excluding carboxylic acids is 2. The molecule has 2 aromatic rings. The largest absolute Gasteiger partial charge is 0.479 e. The fraction of sp³-hybridized carbons (Fsp3) is 0.500. The van der Waals surface area contributed by atoms with Crippen LogP contribution in [0.1, 0.15) is 77.0 Å². The van der Waals surface area contributed by atoms with Gasteiger partial charge in [0.15, 0.2) is 5.54 Å². The smallest absolute Gasteiger partial charge is 0.411 e. The first kappa shape index (κ1) is 34.7. The Morgan fingerprint density at radius 2 is 1.59 bits per heavy atom. The number of ether oxygens (including phenoxy) is 2. The molecule has 0 fully saturated rings. The van der Waals surface area contributed by atoms with Crippen LogP contribution in [0.3, 0.4) is 0 Å². The number of nitrogens with zero attached hydrogens (tertiary/aromatic N) is 1. The summed E-state index contributed by atoms with van der Waals surface area (Å²) in [6.07, 6.45) is -0.896. The number of hydrogen-bond donors (Lipinski definition) is 1. The molecule has 1 amide bonds. The van der Waals surface area contributed by atoms with Crippen molar-refractivity contribution in [1.82, 2.24) is 4.90 Å². The van der Waals surface area contributed by atoms with Crippen LogP contribution in [0.4, 0.5) is 18.0 Å². The molecule has 0 unspecified atom stereocenters. The molecule has 0 saturated carbocycles. The number of carbonyl (C=O) groups is 3. The van der Waals surface area contributed by atoms with Crippen molar-refractivity contribution >= 4 is 23.6 Å². The number of amides is 1. The number of halogens is 3. The second kappa shape index (κ2) is 13.4. The maximum absolute atomic E-state index is 15.5. The predicted octanol–water partition coefficient (Wildman–Crippen LogP) is 7.62. The fourth-order valence-electron chi connectivity index (χ4n) is 5.40. The van der Waals surface area contributed by atoms with Crippen molar-refractivity contribution < 1.29 is 42.1 Å². The van der Waals surface area contributed by atoms with Crippen molar-refractivity contribution in [2.75, 3.05) is 7.05 Å². The fourth-order valence-corrected chi connectivity index (χ4v) is 5.40. The molecule has 0 bridgehead atoms. The number of likely N-dealkylation sites (N-methyl/N-ethyl adjacent to an activating group) is 1. The van der Waals surface area contributed by atoms with E-state index in [1.54, 1.807) is 75.4 Å². The molecule has 7 nitrogen and oxygen atoms in total. The molecule has 0 aromatic heterocycles. The van der Waals surface area contributed by atoms with Crippen LogP contribution in [0.5, 0.6) is 0 Å². The topological polar surface area (TPSA) is 93.1 Å². The highest BCUT2D eigenvalue weighted by Gasteiger charge is 2.58. The van der Waals surface area contributed by atoms with Gasteiger partial charge in [-0.05, 0) is 69.7 Å². The van der Waals surface area contributed by atoms with E-state index in [1.807, 2.05) is 0 Å². The minimum absolute atomic E-state index is 0.168. The first-order chi connectivity index (χ1) is 20.3. The average Bonchev–Trinajstić information content (AvgIpc) is 2.92. The molecule has 1 N–H and O–H groups in total. The minimum atomic E-state index is -2.73. The van der Waals surface area contributed by atoms with Crippen LogP contribution in [0, 0.1) is 5.92 Å². The number of esters is 1. The predicted molar refractivity (Wildman–Crippen MR) is 161 cm³/mol. The summed E-state index contributed by atoms with van der Waals surface area (Å²) in [6.45, 7) is 7.01. The highest BCUT2D eigenvalue weighted by molar-refractivity contribution is 5.91. The molecular formula is C34H42F3NO6. The van der Waals surface area contributed by atoms with E-state index >= 15 is 4.39 Å². The number of allylic oxidation sites excluding steroid dienone is 2. The molecule has 240 valence electrons.